The molecule has 36 heavy (non-hydrogen) atoms. The molecule has 2 aliphatic rings. The van der Waals surface area contributed by atoms with E-state index in [1.165, 1.54) is 12.0 Å². The van der Waals surface area contributed by atoms with Crippen molar-refractivity contribution in [1.29, 1.82) is 0 Å². The number of aliphatic carboxylic acids is 1. The molecule has 0 fully saturated rings. The SMILES string of the molecule is O=C(N[C@@H](CCCCCCCc1ccc2c(n1)NCCC2)C(=O)O)C1=C(c2ccccc2)CCCC1. The number of carboxylic acid groups (broad SMARTS) is 1. The van der Waals surface area contributed by atoms with Crippen molar-refractivity contribution < 1.29 is 14.7 Å². The molecule has 1 aliphatic carbocycles. The van der Waals surface area contributed by atoms with Crippen LogP contribution in [-0.4, -0.2) is 34.6 Å². The van der Waals surface area contributed by atoms with Gasteiger partial charge in [0.05, 0.1) is 0 Å². The number of carbonyl (C=O) groups excluding carboxylic acids is 1. The number of nitrogens with zero attached hydrogens (tertiary/aromatic N) is 1. The van der Waals surface area contributed by atoms with Gasteiger partial charge >= 0.3 is 5.97 Å². The van der Waals surface area contributed by atoms with E-state index in [-0.39, 0.29) is 5.91 Å². The lowest BCUT2D eigenvalue weighted by Crippen LogP contribution is -2.41. The number of allylic oxidation sites excluding steroid dienone is 1. The van der Waals surface area contributed by atoms with Gasteiger partial charge in [-0.05, 0) is 80.6 Å². The van der Waals surface area contributed by atoms with Gasteiger partial charge in [-0.1, -0.05) is 62.1 Å². The summed E-state index contributed by atoms with van der Waals surface area (Å²) in [6, 6.07) is 13.5. The Bertz CT molecular complexity index is 1060. The van der Waals surface area contributed by atoms with Gasteiger partial charge in [0, 0.05) is 17.8 Å². The Morgan fingerprint density at radius 1 is 0.917 bits per heavy atom. The predicted molar refractivity (Wildman–Crippen MR) is 144 cm³/mol. The minimum absolute atomic E-state index is 0.215. The standard InChI is InChI=1S/C30H39N3O3/c34-29(26-17-10-9-16-25(26)22-12-5-4-6-13-22)33-27(30(35)36)18-8-3-1-2-7-15-24-20-19-23-14-11-21-31-28(23)32-24/h4-6,12-13,19-20,27H,1-3,7-11,14-18,21H2,(H,31,32)(H,33,34)(H,35,36)/t27-/m0/s1. The first-order chi connectivity index (χ1) is 17.6. The number of carbonyl (C=O) groups is 2. The van der Waals surface area contributed by atoms with Crippen molar-refractivity contribution >= 4 is 23.3 Å². The van der Waals surface area contributed by atoms with E-state index in [1.54, 1.807) is 0 Å². The number of amides is 1. The second kappa shape index (κ2) is 13.2. The highest BCUT2D eigenvalue weighted by Gasteiger charge is 2.25. The van der Waals surface area contributed by atoms with Crippen molar-refractivity contribution in [2.24, 2.45) is 0 Å². The van der Waals surface area contributed by atoms with Crippen molar-refractivity contribution in [2.45, 2.75) is 89.5 Å². The van der Waals surface area contributed by atoms with Crippen LogP contribution in [0.3, 0.4) is 0 Å². The zero-order chi connectivity index (χ0) is 25.2. The van der Waals surface area contributed by atoms with E-state index in [0.717, 1.165) is 99.0 Å². The summed E-state index contributed by atoms with van der Waals surface area (Å²) in [5.74, 6) is -0.110. The Morgan fingerprint density at radius 3 is 2.53 bits per heavy atom. The second-order valence-corrected chi connectivity index (χ2v) is 10.0. The van der Waals surface area contributed by atoms with Crippen LogP contribution in [0.1, 0.15) is 87.4 Å². The van der Waals surface area contributed by atoms with Crippen LogP contribution in [0.4, 0.5) is 5.82 Å². The lowest BCUT2D eigenvalue weighted by Gasteiger charge is -2.22. The highest BCUT2D eigenvalue weighted by atomic mass is 16.4. The number of rotatable bonds is 12. The third-order valence-electron chi connectivity index (χ3n) is 7.35. The Hall–Kier alpha value is -3.15. The summed E-state index contributed by atoms with van der Waals surface area (Å²) in [5, 5.41) is 15.9. The maximum absolute atomic E-state index is 13.1. The van der Waals surface area contributed by atoms with Gasteiger partial charge in [0.2, 0.25) is 5.91 Å². The van der Waals surface area contributed by atoms with Crippen LogP contribution >= 0.6 is 0 Å². The summed E-state index contributed by atoms with van der Waals surface area (Å²) in [4.78, 5) is 29.7. The second-order valence-electron chi connectivity index (χ2n) is 10.0. The van der Waals surface area contributed by atoms with Crippen molar-refractivity contribution in [3.05, 3.63) is 64.9 Å². The van der Waals surface area contributed by atoms with E-state index in [9.17, 15) is 14.7 Å². The van der Waals surface area contributed by atoms with Gasteiger partial charge in [0.25, 0.3) is 0 Å². The molecule has 0 radical (unpaired) electrons. The lowest BCUT2D eigenvalue weighted by atomic mass is 9.86. The molecular formula is C30H39N3O3. The molecule has 0 saturated heterocycles. The molecule has 2 heterocycles. The van der Waals surface area contributed by atoms with E-state index in [2.05, 4.69) is 22.8 Å². The molecule has 1 aromatic heterocycles. The molecule has 0 saturated carbocycles. The van der Waals surface area contributed by atoms with Crippen molar-refractivity contribution in [2.75, 3.05) is 11.9 Å². The number of aryl methyl sites for hydroxylation is 2. The van der Waals surface area contributed by atoms with E-state index >= 15 is 0 Å². The van der Waals surface area contributed by atoms with Gasteiger partial charge < -0.3 is 15.7 Å². The van der Waals surface area contributed by atoms with Crippen LogP contribution in [0.2, 0.25) is 0 Å². The molecule has 1 aliphatic heterocycles. The number of carboxylic acids is 1. The first-order valence-corrected chi connectivity index (χ1v) is 13.7. The fourth-order valence-electron chi connectivity index (χ4n) is 5.31. The Labute approximate surface area is 214 Å². The highest BCUT2D eigenvalue weighted by Crippen LogP contribution is 2.32. The normalized spacial score (nSPS) is 16.1. The van der Waals surface area contributed by atoms with Crippen molar-refractivity contribution in [3.8, 4) is 0 Å². The minimum atomic E-state index is -0.951. The average Bonchev–Trinajstić information content (AvgIpc) is 2.92. The molecule has 1 amide bonds. The first kappa shape index (κ1) is 25.9. The fraction of sp³-hybridized carbons (Fsp3) is 0.500. The van der Waals surface area contributed by atoms with E-state index in [0.29, 0.717) is 12.8 Å². The van der Waals surface area contributed by atoms with Crippen molar-refractivity contribution in [3.63, 3.8) is 0 Å². The van der Waals surface area contributed by atoms with Gasteiger partial charge in [0.15, 0.2) is 0 Å². The van der Waals surface area contributed by atoms with Crippen LogP contribution in [0.15, 0.2) is 48.0 Å². The summed E-state index contributed by atoms with van der Waals surface area (Å²) in [6.45, 7) is 1.01. The summed E-state index contributed by atoms with van der Waals surface area (Å²) in [6.07, 6.45) is 12.3. The molecule has 4 rings (SSSR count). The number of unbranched alkanes of at least 4 members (excludes halogenated alkanes) is 4. The molecule has 6 heteroatoms. The summed E-state index contributed by atoms with van der Waals surface area (Å²) in [5.41, 5.74) is 5.35. The molecule has 2 aromatic rings. The summed E-state index contributed by atoms with van der Waals surface area (Å²) in [7, 11) is 0. The van der Waals surface area contributed by atoms with Gasteiger partial charge in [-0.2, -0.15) is 0 Å². The molecule has 0 bridgehead atoms. The average molecular weight is 490 g/mol. The van der Waals surface area contributed by atoms with E-state index in [4.69, 9.17) is 4.98 Å². The zero-order valence-corrected chi connectivity index (χ0v) is 21.2. The maximum Gasteiger partial charge on any atom is 0.326 e. The first-order valence-electron chi connectivity index (χ1n) is 13.7. The van der Waals surface area contributed by atoms with Gasteiger partial charge in [0.1, 0.15) is 11.9 Å². The van der Waals surface area contributed by atoms with E-state index in [1.807, 2.05) is 30.3 Å². The van der Waals surface area contributed by atoms with Crippen LogP contribution in [0.25, 0.3) is 5.57 Å². The van der Waals surface area contributed by atoms with Crippen LogP contribution in [-0.2, 0) is 22.4 Å². The van der Waals surface area contributed by atoms with Crippen LogP contribution in [0, 0.1) is 0 Å². The topological polar surface area (TPSA) is 91.3 Å². The molecule has 1 aromatic carbocycles. The zero-order valence-electron chi connectivity index (χ0n) is 21.2. The summed E-state index contributed by atoms with van der Waals surface area (Å²) >= 11 is 0. The molecule has 0 spiro atoms. The predicted octanol–water partition coefficient (Wildman–Crippen LogP) is 5.92. The smallest absolute Gasteiger partial charge is 0.326 e. The molecular weight excluding hydrogens is 450 g/mol. The van der Waals surface area contributed by atoms with E-state index < -0.39 is 12.0 Å². The minimum Gasteiger partial charge on any atom is -0.480 e. The molecule has 1 atom stereocenters. The Morgan fingerprint density at radius 2 is 1.69 bits per heavy atom. The van der Waals surface area contributed by atoms with Crippen LogP contribution in [0.5, 0.6) is 0 Å². The highest BCUT2D eigenvalue weighted by molar-refractivity contribution is 6.02. The molecule has 6 nitrogen and oxygen atoms in total. The number of benzene rings is 1. The van der Waals surface area contributed by atoms with Gasteiger partial charge in [-0.25, -0.2) is 9.78 Å². The fourth-order valence-corrected chi connectivity index (χ4v) is 5.31. The van der Waals surface area contributed by atoms with Gasteiger partial charge in [-0.15, -0.1) is 0 Å². The number of hydrogen-bond donors (Lipinski definition) is 3. The maximum atomic E-state index is 13.1. The van der Waals surface area contributed by atoms with Gasteiger partial charge in [-0.3, -0.25) is 4.79 Å². The van der Waals surface area contributed by atoms with Crippen LogP contribution < -0.4 is 10.6 Å². The quantitative estimate of drug-likeness (QED) is 0.322. The number of fused-ring (bicyclic) bond motifs is 1. The Balaban J connectivity index is 1.20. The Kier molecular flexibility index (Phi) is 9.54. The largest absolute Gasteiger partial charge is 0.480 e. The molecule has 192 valence electrons. The number of nitrogens with one attached hydrogen (secondary N) is 2. The number of aromatic nitrogens is 1. The third-order valence-corrected chi connectivity index (χ3v) is 7.35. The number of pyridine rings is 1. The molecule has 3 N–H and O–H groups in total. The van der Waals surface area contributed by atoms with Crippen molar-refractivity contribution in [1.82, 2.24) is 10.3 Å². The monoisotopic (exact) mass is 489 g/mol. The number of hydrogen-bond acceptors (Lipinski definition) is 4. The molecule has 0 unspecified atom stereocenters. The summed E-state index contributed by atoms with van der Waals surface area (Å²) < 4.78 is 0. The third kappa shape index (κ3) is 7.19. The lowest BCUT2D eigenvalue weighted by molar-refractivity contribution is -0.141. The number of anilines is 1.